The van der Waals surface area contributed by atoms with Crippen molar-refractivity contribution < 1.29 is 5.11 Å². The van der Waals surface area contributed by atoms with Crippen LogP contribution in [-0.2, 0) is 0 Å². The average molecular weight is 492 g/mol. The van der Waals surface area contributed by atoms with Gasteiger partial charge in [-0.2, -0.15) is 0 Å². The maximum atomic E-state index is 10.5. The first-order valence-electron chi connectivity index (χ1n) is 12.4. The van der Waals surface area contributed by atoms with E-state index >= 15 is 0 Å². The summed E-state index contributed by atoms with van der Waals surface area (Å²) in [5.41, 5.74) is 7.04. The Labute approximate surface area is 212 Å². The number of H-pyrrole nitrogens is 1. The van der Waals surface area contributed by atoms with Crippen molar-refractivity contribution in [3.8, 4) is 22.5 Å². The van der Waals surface area contributed by atoms with Crippen LogP contribution in [0, 0.1) is 0 Å². The van der Waals surface area contributed by atoms with Gasteiger partial charge in [-0.25, -0.2) is 5.10 Å². The largest absolute Gasteiger partial charge is 0.392 e. The quantitative estimate of drug-likeness (QED) is 0.337. The summed E-state index contributed by atoms with van der Waals surface area (Å²) < 4.78 is 0. The molecule has 1 aliphatic heterocycles. The number of rotatable bonds is 9. The Morgan fingerprint density at radius 1 is 1.00 bits per heavy atom. The van der Waals surface area contributed by atoms with Crippen LogP contribution in [0.1, 0.15) is 58.9 Å². The highest BCUT2D eigenvalue weighted by molar-refractivity contribution is 6.30. The summed E-state index contributed by atoms with van der Waals surface area (Å²) in [7, 11) is 0. The Morgan fingerprint density at radius 2 is 1.69 bits per heavy atom. The molecule has 1 aliphatic rings. The molecular formula is C28H34ClN5O. The Morgan fingerprint density at radius 3 is 2.26 bits per heavy atom. The van der Waals surface area contributed by atoms with Gasteiger partial charge in [-0.1, -0.05) is 86.8 Å². The van der Waals surface area contributed by atoms with Crippen LogP contribution in [0.15, 0.2) is 64.8 Å². The van der Waals surface area contributed by atoms with Gasteiger partial charge in [-0.3, -0.25) is 0 Å². The van der Waals surface area contributed by atoms with Crippen molar-refractivity contribution in [3.63, 3.8) is 0 Å². The molecule has 1 aromatic heterocycles. The lowest BCUT2D eigenvalue weighted by atomic mass is 9.72. The van der Waals surface area contributed by atoms with Crippen molar-refractivity contribution in [2.24, 2.45) is 0 Å². The second-order valence-electron chi connectivity index (χ2n) is 9.03. The fraction of sp³-hybridized carbons (Fsp3) is 0.393. The first-order chi connectivity index (χ1) is 17.0. The lowest BCUT2D eigenvalue weighted by Crippen LogP contribution is -2.50. The van der Waals surface area contributed by atoms with E-state index in [0.29, 0.717) is 5.82 Å². The van der Waals surface area contributed by atoms with Gasteiger partial charge in [0.2, 0.25) is 0 Å². The number of nitrogens with zero attached hydrogens (tertiary/aromatic N) is 4. The van der Waals surface area contributed by atoms with E-state index in [1.807, 2.05) is 25.1 Å². The smallest absolute Gasteiger partial charge is 0.180 e. The van der Waals surface area contributed by atoms with E-state index in [0.717, 1.165) is 70.8 Å². The average Bonchev–Trinajstić information content (AvgIpc) is 3.44. The van der Waals surface area contributed by atoms with E-state index in [9.17, 15) is 5.11 Å². The molecule has 35 heavy (non-hydrogen) atoms. The topological polar surface area (TPSA) is 77.9 Å². The normalized spacial score (nSPS) is 18.5. The highest BCUT2D eigenvalue weighted by Crippen LogP contribution is 2.49. The minimum Gasteiger partial charge on any atom is -0.392 e. The van der Waals surface area contributed by atoms with E-state index in [2.05, 4.69) is 76.6 Å². The molecule has 0 bridgehead atoms. The van der Waals surface area contributed by atoms with Crippen molar-refractivity contribution in [3.05, 3.63) is 70.4 Å². The number of benzene rings is 2. The Bertz CT molecular complexity index is 1220. The molecule has 0 saturated heterocycles. The Kier molecular flexibility index (Phi) is 7.72. The zero-order chi connectivity index (χ0) is 25.0. The number of aliphatic hydroxyl groups is 1. The lowest BCUT2D eigenvalue weighted by molar-refractivity contribution is 0.177. The molecule has 1 unspecified atom stereocenters. The Balaban J connectivity index is 1.86. The molecule has 7 heteroatoms. The highest BCUT2D eigenvalue weighted by atomic mass is 35.5. The van der Waals surface area contributed by atoms with Crippen LogP contribution in [-0.4, -0.2) is 49.3 Å². The summed E-state index contributed by atoms with van der Waals surface area (Å²) in [5, 5.41) is 25.7. The molecule has 0 saturated carbocycles. The molecule has 0 amide bonds. The summed E-state index contributed by atoms with van der Waals surface area (Å²) in [4.78, 5) is 2.34. The van der Waals surface area contributed by atoms with E-state index in [1.165, 1.54) is 5.57 Å². The second kappa shape index (κ2) is 10.8. The fourth-order valence-corrected chi connectivity index (χ4v) is 5.90. The lowest BCUT2D eigenvalue weighted by Gasteiger charge is -2.50. The maximum absolute atomic E-state index is 10.5. The van der Waals surface area contributed by atoms with Gasteiger partial charge in [0.25, 0.3) is 0 Å². The van der Waals surface area contributed by atoms with E-state index in [4.69, 9.17) is 11.6 Å². The molecule has 2 heterocycles. The van der Waals surface area contributed by atoms with Gasteiger partial charge in [-0.15, -0.1) is 5.10 Å². The minimum absolute atomic E-state index is 0.0358. The zero-order valence-corrected chi connectivity index (χ0v) is 21.7. The number of aliphatic hydroxyl groups excluding tert-OH is 1. The number of hydrogen-bond acceptors (Lipinski definition) is 5. The van der Waals surface area contributed by atoms with E-state index in [-0.39, 0.29) is 12.1 Å². The van der Waals surface area contributed by atoms with Gasteiger partial charge < -0.3 is 10.0 Å². The monoisotopic (exact) mass is 491 g/mol. The molecule has 0 spiro atoms. The number of aromatic amines is 1. The Hall–Kier alpha value is -2.96. The number of aromatic nitrogens is 4. The number of tetrazole rings is 1. The SMILES string of the molecule is CCCCC1(CC)C(c2ccc(-c3ccccc3-c3nnn[nH]3)cc2)=C(CO)C(C)=C(Cl)N1CC. The predicted octanol–water partition coefficient (Wildman–Crippen LogP) is 6.42. The molecule has 4 rings (SSSR count). The van der Waals surface area contributed by atoms with Gasteiger partial charge in [0.15, 0.2) is 5.82 Å². The van der Waals surface area contributed by atoms with Gasteiger partial charge in [0.1, 0.15) is 5.16 Å². The number of nitrogens with one attached hydrogen (secondary N) is 1. The standard InChI is InChI=1S/C28H34ClN5O/c1-5-8-17-28(6-2)25(24(18-35)19(4)26(29)34(28)7-3)21-15-13-20(14-16-21)22-11-9-10-12-23(22)27-30-32-33-31-27/h9-16,35H,5-8,17-18H2,1-4H3,(H,30,31,32,33). The summed E-state index contributed by atoms with van der Waals surface area (Å²) in [6.45, 7) is 9.41. The number of hydrogen-bond donors (Lipinski definition) is 2. The van der Waals surface area contributed by atoms with Crippen molar-refractivity contribution in [2.45, 2.75) is 58.9 Å². The molecule has 2 aromatic carbocycles. The van der Waals surface area contributed by atoms with Crippen molar-refractivity contribution >= 4 is 17.2 Å². The molecule has 2 N–H and O–H groups in total. The first-order valence-corrected chi connectivity index (χ1v) is 12.8. The van der Waals surface area contributed by atoms with Crippen LogP contribution < -0.4 is 0 Å². The summed E-state index contributed by atoms with van der Waals surface area (Å²) in [5.74, 6) is 0.640. The van der Waals surface area contributed by atoms with Crippen LogP contribution in [0.5, 0.6) is 0 Å². The fourth-order valence-electron chi connectivity index (χ4n) is 5.50. The molecule has 1 atom stereocenters. The predicted molar refractivity (Wildman–Crippen MR) is 143 cm³/mol. The zero-order valence-electron chi connectivity index (χ0n) is 21.0. The first kappa shape index (κ1) is 25.1. The van der Waals surface area contributed by atoms with Crippen LogP contribution in [0.2, 0.25) is 0 Å². The molecule has 0 radical (unpaired) electrons. The van der Waals surface area contributed by atoms with Gasteiger partial charge in [0.05, 0.1) is 12.1 Å². The molecule has 6 nitrogen and oxygen atoms in total. The van der Waals surface area contributed by atoms with Crippen molar-refractivity contribution in [1.29, 1.82) is 0 Å². The van der Waals surface area contributed by atoms with Crippen LogP contribution >= 0.6 is 11.6 Å². The summed E-state index contributed by atoms with van der Waals surface area (Å²) in [6.07, 6.45) is 4.09. The van der Waals surface area contributed by atoms with Crippen LogP contribution in [0.25, 0.3) is 28.1 Å². The minimum atomic E-state index is -0.260. The molecular weight excluding hydrogens is 458 g/mol. The third-order valence-corrected chi connectivity index (χ3v) is 7.79. The third kappa shape index (κ3) is 4.41. The van der Waals surface area contributed by atoms with E-state index < -0.39 is 0 Å². The van der Waals surface area contributed by atoms with Crippen LogP contribution in [0.3, 0.4) is 0 Å². The third-order valence-electron chi connectivity index (χ3n) is 7.30. The molecule has 3 aromatic rings. The van der Waals surface area contributed by atoms with E-state index in [1.54, 1.807) is 0 Å². The van der Waals surface area contributed by atoms with Crippen LogP contribution in [0.4, 0.5) is 0 Å². The number of halogens is 1. The summed E-state index contributed by atoms with van der Waals surface area (Å²) >= 11 is 6.91. The molecule has 184 valence electrons. The second-order valence-corrected chi connectivity index (χ2v) is 9.39. The number of unbranched alkanes of at least 4 members (excludes halogenated alkanes) is 1. The van der Waals surface area contributed by atoms with Gasteiger partial charge in [0, 0.05) is 12.1 Å². The van der Waals surface area contributed by atoms with Gasteiger partial charge >= 0.3 is 0 Å². The summed E-state index contributed by atoms with van der Waals surface area (Å²) in [6, 6.07) is 16.7. The van der Waals surface area contributed by atoms with Crippen molar-refractivity contribution in [1.82, 2.24) is 25.5 Å². The number of likely N-dealkylation sites (N-methyl/N-ethyl adjacent to an activating group) is 1. The van der Waals surface area contributed by atoms with Crippen molar-refractivity contribution in [2.75, 3.05) is 13.2 Å². The molecule has 0 fully saturated rings. The molecule has 0 aliphatic carbocycles. The maximum Gasteiger partial charge on any atom is 0.180 e. The van der Waals surface area contributed by atoms with Gasteiger partial charge in [-0.05, 0) is 70.5 Å². The highest BCUT2D eigenvalue weighted by Gasteiger charge is 2.44.